The Balaban J connectivity index is 4.14. The van der Waals surface area contributed by atoms with Gasteiger partial charge in [0.15, 0.2) is 0 Å². The minimum atomic E-state index is -1.06. The highest BCUT2D eigenvalue weighted by Gasteiger charge is 2.23. The third kappa shape index (κ3) is 3.96. The van der Waals surface area contributed by atoms with Gasteiger partial charge in [0.2, 0.25) is 0 Å². The Morgan fingerprint density at radius 3 is 2.33 bits per heavy atom. The molecule has 2 unspecified atom stereocenters. The topological polar surface area (TPSA) is 66.8 Å². The summed E-state index contributed by atoms with van der Waals surface area (Å²) >= 11 is 0. The van der Waals surface area contributed by atoms with E-state index in [0.717, 1.165) is 0 Å². The zero-order chi connectivity index (χ0) is 9.72. The molecule has 0 saturated heterocycles. The summed E-state index contributed by atoms with van der Waals surface area (Å²) in [6, 6.07) is -0.882. The second kappa shape index (κ2) is 5.41. The van der Waals surface area contributed by atoms with Crippen LogP contribution in [0.1, 0.15) is 6.42 Å². The van der Waals surface area contributed by atoms with Gasteiger partial charge in [-0.05, 0) is 0 Å². The molecule has 0 aliphatic heterocycles. The zero-order valence-electron chi connectivity index (χ0n) is 6.56. The molecule has 12 heavy (non-hydrogen) atoms. The van der Waals surface area contributed by atoms with Crippen molar-refractivity contribution in [3.8, 4) is 0 Å². The van der Waals surface area contributed by atoms with E-state index in [1.807, 2.05) is 0 Å². The Hall–Kier alpha value is -0.240. The Kier molecular flexibility index (Phi) is 5.31. The summed E-state index contributed by atoms with van der Waals surface area (Å²) in [7, 11) is 5.54. The van der Waals surface area contributed by atoms with Gasteiger partial charge in [-0.3, -0.25) is 14.0 Å². The van der Waals surface area contributed by atoms with Gasteiger partial charge in [-0.1, -0.05) is 18.8 Å². The normalized spacial score (nSPS) is 12.7. The monoisotopic (exact) mass is 211 g/mol. The number of nitrogens with zero attached hydrogens (tertiary/aromatic N) is 1. The average Bonchev–Trinajstić information content (AvgIpc) is 1.98. The smallest absolute Gasteiger partial charge is 0.322 e. The summed E-state index contributed by atoms with van der Waals surface area (Å²) < 4.78 is 5.62. The van der Waals surface area contributed by atoms with Crippen molar-refractivity contribution in [2.75, 3.05) is 7.11 Å². The van der Waals surface area contributed by atoms with Gasteiger partial charge in [-0.15, -0.1) is 0 Å². The van der Waals surface area contributed by atoms with Crippen LogP contribution in [0.4, 0.5) is 0 Å². The van der Waals surface area contributed by atoms with E-state index in [1.54, 1.807) is 0 Å². The molecule has 0 aliphatic carbocycles. The highest BCUT2D eigenvalue weighted by molar-refractivity contribution is 7.31. The van der Waals surface area contributed by atoms with Crippen LogP contribution in [0.5, 0.6) is 0 Å². The van der Waals surface area contributed by atoms with Crippen molar-refractivity contribution in [2.24, 2.45) is 0 Å². The molecule has 0 saturated carbocycles. The van der Waals surface area contributed by atoms with E-state index in [9.17, 15) is 9.59 Å². The van der Waals surface area contributed by atoms with Crippen molar-refractivity contribution in [2.45, 2.75) is 12.5 Å². The maximum atomic E-state index is 10.7. The van der Waals surface area contributed by atoms with Crippen LogP contribution < -0.4 is 0 Å². The molecule has 0 heterocycles. The Bertz CT molecular complexity index is 184. The molecule has 5 nitrogen and oxygen atoms in total. The maximum Gasteiger partial charge on any atom is 0.322 e. The lowest BCUT2D eigenvalue weighted by atomic mass is 10.2. The fraction of sp³-hybridized carbons (Fsp3) is 0.600. The standard InChI is InChI=1S/C5H11NO4P2/c1-10-4(7)2-3(5(8)9)6(11)12/h3H,2,11-12H2,1H3,(H,8,9)/t3-/m0/s1. The van der Waals surface area contributed by atoms with E-state index in [2.05, 4.69) is 23.5 Å². The lowest BCUT2D eigenvalue weighted by Gasteiger charge is -2.17. The van der Waals surface area contributed by atoms with Gasteiger partial charge in [0, 0.05) is 0 Å². The van der Waals surface area contributed by atoms with Gasteiger partial charge in [0.1, 0.15) is 6.04 Å². The quantitative estimate of drug-likeness (QED) is 0.518. The number of carboxylic acids is 1. The summed E-state index contributed by atoms with van der Waals surface area (Å²) in [6.07, 6.45) is -0.168. The largest absolute Gasteiger partial charge is 0.480 e. The van der Waals surface area contributed by atoms with Gasteiger partial charge < -0.3 is 9.84 Å². The number of carboxylic acid groups (broad SMARTS) is 1. The van der Waals surface area contributed by atoms with Crippen molar-refractivity contribution in [1.29, 1.82) is 0 Å². The SMILES string of the molecule is COC(=O)C[C@@H](C(=O)O)N(P)P. The number of methoxy groups -OCH3 is 1. The zero-order valence-corrected chi connectivity index (χ0v) is 8.87. The molecule has 0 aliphatic rings. The van der Waals surface area contributed by atoms with Crippen molar-refractivity contribution in [3.63, 3.8) is 0 Å². The number of carbonyl (C=O) groups excluding carboxylic acids is 1. The van der Waals surface area contributed by atoms with E-state index in [-0.39, 0.29) is 6.42 Å². The number of ether oxygens (including phenoxy) is 1. The molecular weight excluding hydrogens is 200 g/mol. The lowest BCUT2D eigenvalue weighted by Crippen LogP contribution is -2.31. The molecule has 0 aromatic rings. The van der Waals surface area contributed by atoms with Crippen LogP contribution >= 0.6 is 18.8 Å². The number of hydrogen-bond acceptors (Lipinski definition) is 4. The molecule has 0 aromatic carbocycles. The summed E-state index contributed by atoms with van der Waals surface area (Å²) in [5.41, 5.74) is 0. The summed E-state index contributed by atoms with van der Waals surface area (Å²) in [6.45, 7) is 0. The first-order valence-electron chi connectivity index (χ1n) is 3.07. The molecule has 7 heteroatoms. The molecule has 1 N–H and O–H groups in total. The molecule has 0 radical (unpaired) electrons. The molecule has 0 amide bonds. The molecule has 0 rings (SSSR count). The van der Waals surface area contributed by atoms with Crippen LogP contribution in [-0.2, 0) is 14.3 Å². The van der Waals surface area contributed by atoms with E-state index in [4.69, 9.17) is 5.11 Å². The first kappa shape index (κ1) is 11.8. The molecule has 0 bridgehead atoms. The van der Waals surface area contributed by atoms with Crippen molar-refractivity contribution in [3.05, 3.63) is 0 Å². The third-order valence-electron chi connectivity index (χ3n) is 1.23. The minimum Gasteiger partial charge on any atom is -0.480 e. The molecule has 3 atom stereocenters. The van der Waals surface area contributed by atoms with Crippen molar-refractivity contribution < 1.29 is 19.4 Å². The average molecular weight is 211 g/mol. The Morgan fingerprint density at radius 1 is 1.58 bits per heavy atom. The summed E-state index contributed by atoms with van der Waals surface area (Å²) in [5, 5.41) is 8.61. The number of rotatable bonds is 4. The maximum absolute atomic E-state index is 10.7. The van der Waals surface area contributed by atoms with E-state index >= 15 is 0 Å². The van der Waals surface area contributed by atoms with Gasteiger partial charge in [-0.25, -0.2) is 0 Å². The van der Waals surface area contributed by atoms with Crippen LogP contribution in [0.3, 0.4) is 0 Å². The van der Waals surface area contributed by atoms with Gasteiger partial charge in [0.25, 0.3) is 0 Å². The summed E-state index contributed by atoms with van der Waals surface area (Å²) in [5.74, 6) is -1.61. The lowest BCUT2D eigenvalue weighted by molar-refractivity contribution is -0.148. The highest BCUT2D eigenvalue weighted by atomic mass is 31.1. The van der Waals surface area contributed by atoms with Crippen LogP contribution in [0.25, 0.3) is 0 Å². The number of carbonyl (C=O) groups is 2. The minimum absolute atomic E-state index is 0.168. The molecule has 0 fully saturated rings. The van der Waals surface area contributed by atoms with Gasteiger partial charge in [0.05, 0.1) is 13.5 Å². The molecule has 70 valence electrons. The first-order chi connectivity index (χ1) is 5.49. The Labute approximate surface area is 75.0 Å². The molecule has 0 aromatic heterocycles. The molecular formula is C5H11NO4P2. The second-order valence-corrected chi connectivity index (χ2v) is 3.87. The highest BCUT2D eigenvalue weighted by Crippen LogP contribution is 2.16. The predicted molar refractivity (Wildman–Crippen MR) is 49.3 cm³/mol. The second-order valence-electron chi connectivity index (χ2n) is 2.08. The van der Waals surface area contributed by atoms with Crippen LogP contribution in [-0.4, -0.2) is 34.6 Å². The van der Waals surface area contributed by atoms with Crippen molar-refractivity contribution >= 4 is 30.7 Å². The van der Waals surface area contributed by atoms with E-state index in [1.165, 1.54) is 11.6 Å². The summed E-state index contributed by atoms with van der Waals surface area (Å²) in [4.78, 5) is 21.2. The fourth-order valence-electron chi connectivity index (χ4n) is 0.561. The third-order valence-corrected chi connectivity index (χ3v) is 1.95. The van der Waals surface area contributed by atoms with Crippen molar-refractivity contribution in [1.82, 2.24) is 4.44 Å². The number of aliphatic carboxylic acids is 1. The van der Waals surface area contributed by atoms with E-state index in [0.29, 0.717) is 0 Å². The fourth-order valence-corrected chi connectivity index (χ4v) is 1.03. The van der Waals surface area contributed by atoms with E-state index < -0.39 is 18.0 Å². The van der Waals surface area contributed by atoms with Crippen LogP contribution in [0.15, 0.2) is 0 Å². The van der Waals surface area contributed by atoms with Crippen LogP contribution in [0.2, 0.25) is 0 Å². The van der Waals surface area contributed by atoms with Crippen LogP contribution in [0, 0.1) is 0 Å². The first-order valence-corrected chi connectivity index (χ1v) is 4.10. The van der Waals surface area contributed by atoms with Gasteiger partial charge in [-0.2, -0.15) is 0 Å². The molecule has 0 spiro atoms. The number of hydrogen-bond donors (Lipinski definition) is 1. The Morgan fingerprint density at radius 2 is 2.08 bits per heavy atom. The predicted octanol–water partition coefficient (Wildman–Crippen LogP) is -0.115. The number of esters is 1. The van der Waals surface area contributed by atoms with Gasteiger partial charge >= 0.3 is 11.9 Å².